The number of amides is 2. The molecule has 218 valence electrons. The molecule has 0 fully saturated rings. The van der Waals surface area contributed by atoms with Gasteiger partial charge < -0.3 is 19.7 Å². The zero-order chi connectivity index (χ0) is 30.0. The number of halogens is 1. The van der Waals surface area contributed by atoms with E-state index >= 15 is 0 Å². The van der Waals surface area contributed by atoms with Crippen LogP contribution in [0.25, 0.3) is 11.8 Å². The molecule has 2 N–H and O–H groups in total. The number of hydrogen-bond donors (Lipinski definition) is 2. The number of hydrogen-bond acceptors (Lipinski definition) is 8. The Morgan fingerprint density at radius 1 is 1.02 bits per heavy atom. The highest BCUT2D eigenvalue weighted by molar-refractivity contribution is 7.62. The molecular formula is C29H30ClN6O5P. The highest BCUT2D eigenvalue weighted by atomic mass is 35.5. The summed E-state index contributed by atoms with van der Waals surface area (Å²) >= 11 is 6.17. The highest BCUT2D eigenvalue weighted by Gasteiger charge is 2.27. The molecule has 4 rings (SSSR count). The highest BCUT2D eigenvalue weighted by Crippen LogP contribution is 2.46. The summed E-state index contributed by atoms with van der Waals surface area (Å²) in [4.78, 5) is 26.4. The van der Waals surface area contributed by atoms with E-state index in [1.165, 1.54) is 17.1 Å². The Morgan fingerprint density at radius 3 is 2.38 bits per heavy atom. The maximum atomic E-state index is 13.4. The zero-order valence-corrected chi connectivity index (χ0v) is 24.7. The maximum Gasteiger partial charge on any atom is 0.361 e. The van der Waals surface area contributed by atoms with Gasteiger partial charge in [-0.25, -0.2) is 0 Å². The van der Waals surface area contributed by atoms with Crippen molar-refractivity contribution in [2.24, 2.45) is 0 Å². The molecule has 4 aromatic rings. The average molecular weight is 609 g/mol. The second kappa shape index (κ2) is 14.7. The zero-order valence-electron chi connectivity index (χ0n) is 23.0. The summed E-state index contributed by atoms with van der Waals surface area (Å²) in [5, 5.41) is 17.7. The second-order valence-corrected chi connectivity index (χ2v) is 11.4. The SMILES string of the molecule is CCOP(=O)(OCC)c1ccc(NC(=O)[C@H](Cc2ccccc2)NC(=O)/C=C/c2cc(Cl)ccc2-n2cnnn2)cc1. The fraction of sp³-hybridized carbons (Fsp3) is 0.207. The van der Waals surface area contributed by atoms with Crippen molar-refractivity contribution in [2.75, 3.05) is 18.5 Å². The van der Waals surface area contributed by atoms with E-state index in [4.69, 9.17) is 20.6 Å². The maximum absolute atomic E-state index is 13.4. The van der Waals surface area contributed by atoms with E-state index in [1.807, 2.05) is 30.3 Å². The summed E-state index contributed by atoms with van der Waals surface area (Å²) < 4.78 is 25.3. The molecule has 42 heavy (non-hydrogen) atoms. The van der Waals surface area contributed by atoms with Crippen LogP contribution in [0.4, 0.5) is 5.69 Å². The monoisotopic (exact) mass is 608 g/mol. The van der Waals surface area contributed by atoms with Crippen LogP contribution in [-0.4, -0.2) is 51.3 Å². The van der Waals surface area contributed by atoms with Gasteiger partial charge in [-0.15, -0.1) is 5.10 Å². The lowest BCUT2D eigenvalue weighted by atomic mass is 10.0. The van der Waals surface area contributed by atoms with Gasteiger partial charge in [0.1, 0.15) is 12.4 Å². The van der Waals surface area contributed by atoms with Gasteiger partial charge in [-0.2, -0.15) is 4.68 Å². The van der Waals surface area contributed by atoms with Crippen molar-refractivity contribution < 1.29 is 23.2 Å². The largest absolute Gasteiger partial charge is 0.361 e. The summed E-state index contributed by atoms with van der Waals surface area (Å²) in [5.41, 5.74) is 2.54. The van der Waals surface area contributed by atoms with E-state index in [0.717, 1.165) is 5.56 Å². The van der Waals surface area contributed by atoms with E-state index < -0.39 is 25.5 Å². The standard InChI is InChI=1S/C29H30ClN6O5P/c1-3-40-42(39,41-4-2)25-14-12-24(13-15-25)32-29(38)26(18-21-8-6-5-7-9-21)33-28(37)17-10-22-19-23(30)11-16-27(22)36-20-31-34-35-36/h5-17,19-20,26H,3-4,18H2,1-2H3,(H,32,38)(H,33,37)/b17-10+/t26-/m0/s1. The van der Waals surface area contributed by atoms with Crippen LogP contribution in [-0.2, 0) is 29.6 Å². The Morgan fingerprint density at radius 2 is 1.74 bits per heavy atom. The second-order valence-electron chi connectivity index (χ2n) is 8.91. The number of aromatic nitrogens is 4. The molecule has 1 heterocycles. The topological polar surface area (TPSA) is 137 Å². The van der Waals surface area contributed by atoms with Crippen molar-refractivity contribution >= 4 is 48.1 Å². The van der Waals surface area contributed by atoms with E-state index in [2.05, 4.69) is 26.2 Å². The molecule has 0 aliphatic rings. The fourth-order valence-electron chi connectivity index (χ4n) is 4.07. The number of carbonyl (C=O) groups excluding carboxylic acids is 2. The van der Waals surface area contributed by atoms with Crippen LogP contribution in [0, 0.1) is 0 Å². The third-order valence-corrected chi connectivity index (χ3v) is 8.33. The Balaban J connectivity index is 1.51. The third-order valence-electron chi connectivity index (χ3n) is 5.96. The first-order valence-electron chi connectivity index (χ1n) is 13.2. The van der Waals surface area contributed by atoms with Crippen molar-refractivity contribution in [3.8, 4) is 5.69 Å². The van der Waals surface area contributed by atoms with Crippen LogP contribution in [0.2, 0.25) is 5.02 Å². The van der Waals surface area contributed by atoms with Gasteiger partial charge >= 0.3 is 7.60 Å². The lowest BCUT2D eigenvalue weighted by Gasteiger charge is -2.19. The van der Waals surface area contributed by atoms with Crippen molar-refractivity contribution in [1.29, 1.82) is 0 Å². The van der Waals surface area contributed by atoms with Gasteiger partial charge in [0.2, 0.25) is 11.8 Å². The summed E-state index contributed by atoms with van der Waals surface area (Å²) in [6.07, 6.45) is 4.57. The molecular weight excluding hydrogens is 579 g/mol. The molecule has 1 atom stereocenters. The van der Waals surface area contributed by atoms with Crippen LogP contribution in [0.15, 0.2) is 85.2 Å². The molecule has 11 nitrogen and oxygen atoms in total. The van der Waals surface area contributed by atoms with Crippen LogP contribution in [0.1, 0.15) is 25.0 Å². The number of rotatable bonds is 13. The Bertz CT molecular complexity index is 1560. The lowest BCUT2D eigenvalue weighted by molar-refractivity contribution is -0.123. The molecule has 0 aliphatic heterocycles. The van der Waals surface area contributed by atoms with Crippen molar-refractivity contribution in [3.05, 3.63) is 101 Å². The number of carbonyl (C=O) groups is 2. The third kappa shape index (κ3) is 8.20. The molecule has 0 spiro atoms. The molecule has 0 saturated heterocycles. The first-order valence-corrected chi connectivity index (χ1v) is 15.1. The Labute approximate surface area is 248 Å². The molecule has 0 saturated carbocycles. The molecule has 0 unspecified atom stereocenters. The summed E-state index contributed by atoms with van der Waals surface area (Å²) in [6.45, 7) is 3.92. The van der Waals surface area contributed by atoms with Gasteiger partial charge in [0.25, 0.3) is 0 Å². The summed E-state index contributed by atoms with van der Waals surface area (Å²) in [5.74, 6) is -0.915. The van der Waals surface area contributed by atoms with Gasteiger partial charge in [-0.3, -0.25) is 14.2 Å². The Hall–Kier alpha value is -4.15. The van der Waals surface area contributed by atoms with Crippen molar-refractivity contribution in [3.63, 3.8) is 0 Å². The van der Waals surface area contributed by atoms with Gasteiger partial charge in [0.15, 0.2) is 0 Å². The average Bonchev–Trinajstić information content (AvgIpc) is 3.52. The summed E-state index contributed by atoms with van der Waals surface area (Å²) in [6, 6.07) is 19.9. The van der Waals surface area contributed by atoms with E-state index in [-0.39, 0.29) is 19.6 Å². The van der Waals surface area contributed by atoms with Gasteiger partial charge in [-0.1, -0.05) is 41.9 Å². The number of nitrogens with one attached hydrogen (secondary N) is 2. The minimum Gasteiger partial charge on any atom is -0.340 e. The minimum atomic E-state index is -3.46. The van der Waals surface area contributed by atoms with Crippen LogP contribution < -0.4 is 15.9 Å². The van der Waals surface area contributed by atoms with Crippen molar-refractivity contribution in [1.82, 2.24) is 25.5 Å². The predicted molar refractivity (Wildman–Crippen MR) is 161 cm³/mol. The number of tetrazole rings is 1. The fourth-order valence-corrected chi connectivity index (χ4v) is 5.81. The first kappa shape index (κ1) is 30.8. The van der Waals surface area contributed by atoms with E-state index in [1.54, 1.807) is 62.4 Å². The van der Waals surface area contributed by atoms with Crippen LogP contribution >= 0.6 is 19.2 Å². The molecule has 13 heteroatoms. The number of benzene rings is 3. The molecule has 0 bridgehead atoms. The predicted octanol–water partition coefficient (Wildman–Crippen LogP) is 4.59. The van der Waals surface area contributed by atoms with Gasteiger partial charge in [-0.05, 0) is 78.4 Å². The normalized spacial score (nSPS) is 12.3. The number of nitrogens with zero attached hydrogens (tertiary/aromatic N) is 4. The Kier molecular flexibility index (Phi) is 10.7. The van der Waals surface area contributed by atoms with Crippen molar-refractivity contribution in [2.45, 2.75) is 26.3 Å². The van der Waals surface area contributed by atoms with Crippen LogP contribution in [0.5, 0.6) is 0 Å². The minimum absolute atomic E-state index is 0.224. The molecule has 0 aliphatic carbocycles. The molecule has 0 radical (unpaired) electrons. The van der Waals surface area contributed by atoms with Crippen LogP contribution in [0.3, 0.4) is 0 Å². The van der Waals surface area contributed by atoms with E-state index in [9.17, 15) is 14.2 Å². The molecule has 1 aromatic heterocycles. The first-order chi connectivity index (χ1) is 20.3. The smallest absolute Gasteiger partial charge is 0.340 e. The quantitative estimate of drug-likeness (QED) is 0.166. The lowest BCUT2D eigenvalue weighted by Crippen LogP contribution is -2.44. The molecule has 2 amide bonds. The van der Waals surface area contributed by atoms with Gasteiger partial charge in [0.05, 0.1) is 24.2 Å². The van der Waals surface area contributed by atoms with Gasteiger partial charge in [0, 0.05) is 28.8 Å². The summed E-state index contributed by atoms with van der Waals surface area (Å²) in [7, 11) is -3.46. The number of anilines is 1. The molecule has 3 aromatic carbocycles. The van der Waals surface area contributed by atoms with E-state index in [0.29, 0.717) is 27.3 Å².